The number of halogens is 6. The number of aryl methyl sites for hydroxylation is 1. The molecule has 0 spiro atoms. The Morgan fingerprint density at radius 2 is 1.74 bits per heavy atom. The van der Waals surface area contributed by atoms with E-state index in [1.54, 1.807) is 25.1 Å². The van der Waals surface area contributed by atoms with Crippen LogP contribution in [-0.2, 0) is 12.7 Å². The summed E-state index contributed by atoms with van der Waals surface area (Å²) < 4.78 is 75.2. The van der Waals surface area contributed by atoms with E-state index < -0.39 is 41.0 Å². The Hall–Kier alpha value is -3.90. The van der Waals surface area contributed by atoms with Gasteiger partial charge in [0.25, 0.3) is 5.56 Å². The maximum atomic E-state index is 14.3. The van der Waals surface area contributed by atoms with Crippen molar-refractivity contribution in [1.82, 2.24) is 4.57 Å². The van der Waals surface area contributed by atoms with E-state index in [0.29, 0.717) is 22.7 Å². The number of aromatic nitrogens is 1. The topological polar surface area (TPSA) is 58.9 Å². The second-order valence-electron chi connectivity index (χ2n) is 7.68. The first-order chi connectivity index (χ1) is 16.5. The van der Waals surface area contributed by atoms with Crippen molar-refractivity contribution in [2.75, 3.05) is 0 Å². The lowest BCUT2D eigenvalue weighted by Crippen LogP contribution is -2.29. The van der Waals surface area contributed by atoms with Crippen molar-refractivity contribution in [3.05, 3.63) is 104 Å². The number of nitrogens with zero attached hydrogens (tertiary/aromatic N) is 2. The second kappa shape index (κ2) is 9.04. The molecule has 0 fully saturated rings. The summed E-state index contributed by atoms with van der Waals surface area (Å²) in [5.41, 5.74) is -3.07. The normalized spacial score (nSPS) is 11.5. The molecule has 2 aromatic carbocycles. The Labute approximate surface area is 200 Å². The minimum Gasteiger partial charge on any atom is -0.455 e. The van der Waals surface area contributed by atoms with Crippen molar-refractivity contribution < 1.29 is 26.4 Å². The molecule has 0 atom stereocenters. The van der Waals surface area contributed by atoms with Gasteiger partial charge in [-0.25, -0.2) is 8.78 Å². The molecular formula is C25H14ClF5N2O2. The smallest absolute Gasteiger partial charge is 0.417 e. The summed E-state index contributed by atoms with van der Waals surface area (Å²) in [7, 11) is 0. The van der Waals surface area contributed by atoms with Crippen LogP contribution in [0.25, 0.3) is 22.8 Å². The Morgan fingerprint density at radius 3 is 2.37 bits per heavy atom. The van der Waals surface area contributed by atoms with Crippen LogP contribution in [0.4, 0.5) is 22.0 Å². The number of nitriles is 1. The molecule has 4 aromatic rings. The van der Waals surface area contributed by atoms with Gasteiger partial charge in [-0.05, 0) is 42.8 Å². The molecular weight excluding hydrogens is 491 g/mol. The molecule has 4 rings (SSSR count). The molecule has 0 aliphatic rings. The molecule has 0 aliphatic heterocycles. The zero-order valence-electron chi connectivity index (χ0n) is 17.9. The molecule has 4 nitrogen and oxygen atoms in total. The SMILES string of the molecule is Cc1ccc(-c2ccc(-c3cc(C(F)(F)F)c(C#N)c(=O)n3Cc3ccc(F)cc3F)o2)cc1Cl. The molecule has 0 bridgehead atoms. The first kappa shape index (κ1) is 24.2. The Balaban J connectivity index is 1.93. The van der Waals surface area contributed by atoms with Gasteiger partial charge in [-0.15, -0.1) is 0 Å². The quantitative estimate of drug-likeness (QED) is 0.282. The third-order valence-electron chi connectivity index (χ3n) is 5.38. The van der Waals surface area contributed by atoms with E-state index in [-0.39, 0.29) is 22.8 Å². The van der Waals surface area contributed by atoms with Gasteiger partial charge in [-0.3, -0.25) is 9.36 Å². The molecule has 0 N–H and O–H groups in total. The van der Waals surface area contributed by atoms with Crippen molar-refractivity contribution >= 4 is 11.6 Å². The zero-order chi connectivity index (χ0) is 25.5. The summed E-state index contributed by atoms with van der Waals surface area (Å²) in [5, 5.41) is 9.73. The van der Waals surface area contributed by atoms with Crippen molar-refractivity contribution in [1.29, 1.82) is 5.26 Å². The van der Waals surface area contributed by atoms with Crippen LogP contribution in [0.5, 0.6) is 0 Å². The summed E-state index contributed by atoms with van der Waals surface area (Å²) in [6, 6.07) is 12.4. The van der Waals surface area contributed by atoms with Gasteiger partial charge < -0.3 is 4.42 Å². The molecule has 0 aliphatic carbocycles. The number of hydrogen-bond donors (Lipinski definition) is 0. The van der Waals surface area contributed by atoms with Crippen LogP contribution >= 0.6 is 11.6 Å². The third kappa shape index (κ3) is 4.70. The highest BCUT2D eigenvalue weighted by molar-refractivity contribution is 6.31. The van der Waals surface area contributed by atoms with Gasteiger partial charge in [0.05, 0.1) is 17.8 Å². The van der Waals surface area contributed by atoms with Gasteiger partial charge in [-0.2, -0.15) is 18.4 Å². The van der Waals surface area contributed by atoms with Crippen LogP contribution in [0.15, 0.2) is 63.8 Å². The highest BCUT2D eigenvalue weighted by atomic mass is 35.5. The Bertz CT molecular complexity index is 1550. The minimum absolute atomic E-state index is 0.133. The van der Waals surface area contributed by atoms with E-state index >= 15 is 0 Å². The lowest BCUT2D eigenvalue weighted by molar-refractivity contribution is -0.137. The van der Waals surface area contributed by atoms with E-state index in [2.05, 4.69) is 0 Å². The summed E-state index contributed by atoms with van der Waals surface area (Å²) in [5.74, 6) is -1.75. The average molecular weight is 505 g/mol. The molecule has 0 radical (unpaired) electrons. The molecule has 2 aromatic heterocycles. The first-order valence-corrected chi connectivity index (χ1v) is 10.4. The van der Waals surface area contributed by atoms with Gasteiger partial charge in [0, 0.05) is 22.2 Å². The summed E-state index contributed by atoms with van der Waals surface area (Å²) in [6.07, 6.45) is -5.01. The molecule has 0 saturated heterocycles. The van der Waals surface area contributed by atoms with Crippen LogP contribution in [-0.4, -0.2) is 4.57 Å². The molecule has 35 heavy (non-hydrogen) atoms. The molecule has 2 heterocycles. The predicted molar refractivity (Wildman–Crippen MR) is 119 cm³/mol. The standard InChI is InChI=1S/C25H14ClF5N2O2/c1-13-2-3-14(8-19(13)26)22-6-7-23(35-22)21-10-18(25(29,30)31)17(11-32)24(34)33(21)12-15-4-5-16(27)9-20(15)28/h2-10H,12H2,1H3. The minimum atomic E-state index is -5.01. The van der Waals surface area contributed by atoms with Crippen molar-refractivity contribution in [3.8, 4) is 28.8 Å². The van der Waals surface area contributed by atoms with E-state index in [9.17, 15) is 32.0 Å². The zero-order valence-corrected chi connectivity index (χ0v) is 18.6. The van der Waals surface area contributed by atoms with Crippen molar-refractivity contribution in [3.63, 3.8) is 0 Å². The predicted octanol–water partition coefficient (Wildman–Crippen LogP) is 6.95. The fraction of sp³-hybridized carbons (Fsp3) is 0.120. The number of rotatable bonds is 4. The van der Waals surface area contributed by atoms with Crippen LogP contribution in [0, 0.1) is 29.9 Å². The lowest BCUT2D eigenvalue weighted by atomic mass is 10.1. The molecule has 0 unspecified atom stereocenters. The van der Waals surface area contributed by atoms with E-state index in [0.717, 1.165) is 22.3 Å². The van der Waals surface area contributed by atoms with Crippen LogP contribution in [0.1, 0.15) is 22.3 Å². The highest BCUT2D eigenvalue weighted by Gasteiger charge is 2.37. The van der Waals surface area contributed by atoms with Gasteiger partial charge in [-0.1, -0.05) is 29.8 Å². The number of alkyl halides is 3. The average Bonchev–Trinajstić information content (AvgIpc) is 3.27. The fourth-order valence-electron chi connectivity index (χ4n) is 3.54. The van der Waals surface area contributed by atoms with E-state index in [1.165, 1.54) is 18.2 Å². The van der Waals surface area contributed by atoms with E-state index in [4.69, 9.17) is 16.0 Å². The molecule has 178 valence electrons. The van der Waals surface area contributed by atoms with Crippen LogP contribution in [0.3, 0.4) is 0 Å². The highest BCUT2D eigenvalue weighted by Crippen LogP contribution is 2.36. The molecule has 10 heteroatoms. The maximum Gasteiger partial charge on any atom is 0.417 e. The van der Waals surface area contributed by atoms with Gasteiger partial charge in [0.15, 0.2) is 5.76 Å². The second-order valence-corrected chi connectivity index (χ2v) is 8.09. The summed E-state index contributed by atoms with van der Waals surface area (Å²) in [6.45, 7) is 1.22. The fourth-order valence-corrected chi connectivity index (χ4v) is 3.72. The summed E-state index contributed by atoms with van der Waals surface area (Å²) in [4.78, 5) is 13.0. The van der Waals surface area contributed by atoms with Gasteiger partial charge in [0.1, 0.15) is 29.0 Å². The number of pyridine rings is 1. The number of hydrogen-bond acceptors (Lipinski definition) is 3. The van der Waals surface area contributed by atoms with Crippen molar-refractivity contribution in [2.24, 2.45) is 0 Å². The molecule has 0 amide bonds. The summed E-state index contributed by atoms with van der Waals surface area (Å²) >= 11 is 6.15. The largest absolute Gasteiger partial charge is 0.455 e. The van der Waals surface area contributed by atoms with Gasteiger partial charge >= 0.3 is 6.18 Å². The van der Waals surface area contributed by atoms with Gasteiger partial charge in [0.2, 0.25) is 0 Å². The Kier molecular flexibility index (Phi) is 6.26. The van der Waals surface area contributed by atoms with E-state index in [1.807, 2.05) is 0 Å². The third-order valence-corrected chi connectivity index (χ3v) is 5.78. The Morgan fingerprint density at radius 1 is 1.03 bits per heavy atom. The van der Waals surface area contributed by atoms with Crippen LogP contribution in [0.2, 0.25) is 5.02 Å². The number of furan rings is 1. The monoisotopic (exact) mass is 504 g/mol. The lowest BCUT2D eigenvalue weighted by Gasteiger charge is -2.16. The number of benzene rings is 2. The van der Waals surface area contributed by atoms with Crippen molar-refractivity contribution in [2.45, 2.75) is 19.6 Å². The molecule has 0 saturated carbocycles. The first-order valence-electron chi connectivity index (χ1n) is 10.1. The van der Waals surface area contributed by atoms with Crippen LogP contribution < -0.4 is 5.56 Å². The maximum absolute atomic E-state index is 14.3.